The number of esters is 1. The maximum Gasteiger partial charge on any atom is 0.422 e. The number of halogens is 3. The van der Waals surface area contributed by atoms with Crippen LogP contribution in [0.25, 0.3) is 0 Å². The first-order chi connectivity index (χ1) is 19.0. The normalized spacial score (nSPS) is 25.4. The highest BCUT2D eigenvalue weighted by atomic mass is 19.4. The summed E-state index contributed by atoms with van der Waals surface area (Å²) in [4.78, 5) is 56.7. The fourth-order valence-corrected chi connectivity index (χ4v) is 6.14. The van der Waals surface area contributed by atoms with Gasteiger partial charge in [-0.05, 0) is 52.4 Å². The summed E-state index contributed by atoms with van der Waals surface area (Å²) in [6.45, 7) is 8.55. The van der Waals surface area contributed by atoms with Crippen molar-refractivity contribution >= 4 is 23.3 Å². The summed E-state index contributed by atoms with van der Waals surface area (Å²) in [6, 6.07) is 8.12. The molecule has 3 atom stereocenters. The minimum Gasteiger partial charge on any atom is -0.499 e. The van der Waals surface area contributed by atoms with E-state index in [1.807, 2.05) is 13.8 Å². The molecule has 0 unspecified atom stereocenters. The summed E-state index contributed by atoms with van der Waals surface area (Å²) in [6.07, 6.45) is -1.90. The van der Waals surface area contributed by atoms with Crippen molar-refractivity contribution in [2.75, 3.05) is 13.7 Å². The van der Waals surface area contributed by atoms with Crippen LogP contribution in [0, 0.1) is 22.2 Å². The molecule has 1 saturated carbocycles. The molecule has 3 rings (SSSR count). The standard InChI is InChI=1S/C32H37F3O6/c1-19(2)13-15-30-17-22(27(38)41-18-32(33,34)35)29(5,6)31(28(30)39,16-14-20(3)4)26(40-7)23(25(30)37)24(36)21-11-9-8-10-12-21/h8-14,22H,15-18H2,1-7H3/t22-,30-,31-/m1/s1. The van der Waals surface area contributed by atoms with Crippen LogP contribution in [-0.2, 0) is 23.9 Å². The van der Waals surface area contributed by atoms with Crippen molar-refractivity contribution in [3.63, 3.8) is 0 Å². The highest BCUT2D eigenvalue weighted by molar-refractivity contribution is 6.35. The van der Waals surface area contributed by atoms with E-state index in [0.29, 0.717) is 0 Å². The first-order valence-corrected chi connectivity index (χ1v) is 13.4. The van der Waals surface area contributed by atoms with Crippen LogP contribution in [0.4, 0.5) is 13.2 Å². The van der Waals surface area contributed by atoms with E-state index >= 15 is 0 Å². The van der Waals surface area contributed by atoms with Crippen LogP contribution in [0.5, 0.6) is 0 Å². The third kappa shape index (κ3) is 5.55. The number of carbonyl (C=O) groups excluding carboxylic acids is 4. The Balaban J connectivity index is 2.44. The molecule has 0 aliphatic heterocycles. The number of allylic oxidation sites excluding steroid dienone is 6. The van der Waals surface area contributed by atoms with Gasteiger partial charge in [-0.2, -0.15) is 13.2 Å². The Bertz CT molecular complexity index is 1330. The fourth-order valence-electron chi connectivity index (χ4n) is 6.14. The molecular weight excluding hydrogens is 537 g/mol. The number of fused-ring (bicyclic) bond motifs is 2. The van der Waals surface area contributed by atoms with E-state index in [-0.39, 0.29) is 29.7 Å². The van der Waals surface area contributed by atoms with Gasteiger partial charge in [-0.1, -0.05) is 67.5 Å². The van der Waals surface area contributed by atoms with Crippen molar-refractivity contribution in [1.82, 2.24) is 0 Å². The monoisotopic (exact) mass is 574 g/mol. The largest absolute Gasteiger partial charge is 0.499 e. The quantitative estimate of drug-likeness (QED) is 0.107. The molecule has 0 N–H and O–H groups in total. The molecule has 0 spiro atoms. The lowest BCUT2D eigenvalue weighted by atomic mass is 9.40. The van der Waals surface area contributed by atoms with E-state index in [0.717, 1.165) is 11.1 Å². The van der Waals surface area contributed by atoms with Crippen LogP contribution < -0.4 is 0 Å². The molecule has 0 radical (unpaired) electrons. The Morgan fingerprint density at radius 2 is 1.54 bits per heavy atom. The van der Waals surface area contributed by atoms with Crippen LogP contribution in [-0.4, -0.2) is 43.2 Å². The summed E-state index contributed by atoms with van der Waals surface area (Å²) in [7, 11) is 1.25. The van der Waals surface area contributed by atoms with Crippen LogP contribution in [0.3, 0.4) is 0 Å². The van der Waals surface area contributed by atoms with Crippen LogP contribution in [0.2, 0.25) is 0 Å². The van der Waals surface area contributed by atoms with Gasteiger partial charge >= 0.3 is 12.1 Å². The molecular formula is C32H37F3O6. The number of hydrogen-bond donors (Lipinski definition) is 0. The van der Waals surface area contributed by atoms with E-state index in [1.54, 1.807) is 70.2 Å². The van der Waals surface area contributed by atoms with Gasteiger partial charge in [0.15, 0.2) is 24.0 Å². The van der Waals surface area contributed by atoms with Crippen molar-refractivity contribution in [2.45, 2.75) is 67.0 Å². The van der Waals surface area contributed by atoms with Crippen molar-refractivity contribution in [2.24, 2.45) is 22.2 Å². The number of Topliss-reactive ketones (excluding diaryl/α,β-unsaturated/α-hetero) is 3. The van der Waals surface area contributed by atoms with Gasteiger partial charge in [0, 0.05) is 5.56 Å². The van der Waals surface area contributed by atoms with Gasteiger partial charge in [-0.15, -0.1) is 0 Å². The van der Waals surface area contributed by atoms with Gasteiger partial charge in [0.05, 0.1) is 23.9 Å². The molecule has 2 aliphatic rings. The lowest BCUT2D eigenvalue weighted by molar-refractivity contribution is -0.200. The maximum atomic E-state index is 14.8. The molecule has 0 heterocycles. The second kappa shape index (κ2) is 11.4. The molecule has 6 nitrogen and oxygen atoms in total. The van der Waals surface area contributed by atoms with Crippen molar-refractivity contribution < 1.29 is 41.8 Å². The van der Waals surface area contributed by atoms with Gasteiger partial charge in [0.25, 0.3) is 0 Å². The van der Waals surface area contributed by atoms with Gasteiger partial charge in [-0.3, -0.25) is 19.2 Å². The molecule has 2 bridgehead atoms. The third-order valence-corrected chi connectivity index (χ3v) is 8.43. The minimum absolute atomic E-state index is 0.0389. The van der Waals surface area contributed by atoms with E-state index in [2.05, 4.69) is 0 Å². The van der Waals surface area contributed by atoms with Crippen LogP contribution >= 0.6 is 0 Å². The minimum atomic E-state index is -4.76. The molecule has 0 aromatic heterocycles. The second-order valence-electron chi connectivity index (χ2n) is 11.9. The predicted octanol–water partition coefficient (Wildman–Crippen LogP) is 6.76. The Hall–Kier alpha value is -3.49. The highest BCUT2D eigenvalue weighted by Crippen LogP contribution is 2.67. The zero-order valence-corrected chi connectivity index (χ0v) is 24.5. The number of methoxy groups -OCH3 is 1. The van der Waals surface area contributed by atoms with Gasteiger partial charge in [0.1, 0.15) is 11.3 Å². The molecule has 2 aliphatic carbocycles. The number of alkyl halides is 3. The third-order valence-electron chi connectivity index (χ3n) is 8.43. The second-order valence-corrected chi connectivity index (χ2v) is 11.9. The number of carbonyl (C=O) groups is 4. The zero-order valence-electron chi connectivity index (χ0n) is 24.5. The summed E-state index contributed by atoms with van der Waals surface area (Å²) in [5.41, 5.74) is -3.50. The smallest absolute Gasteiger partial charge is 0.422 e. The molecule has 1 aromatic carbocycles. The average molecular weight is 575 g/mol. The SMILES string of the molecule is COC1=C(C(=O)c2ccccc2)C(=O)[C@@]2(CC=C(C)C)C[C@H](C(=O)OCC(F)(F)F)C(C)(C)[C@@]1(CC=C(C)C)C2=O. The van der Waals surface area contributed by atoms with Crippen molar-refractivity contribution in [3.8, 4) is 0 Å². The first kappa shape index (κ1) is 32.0. The molecule has 222 valence electrons. The van der Waals surface area contributed by atoms with E-state index in [1.165, 1.54) is 7.11 Å². The molecule has 1 aromatic rings. The highest BCUT2D eigenvalue weighted by Gasteiger charge is 2.74. The fraction of sp³-hybridized carbons (Fsp3) is 0.500. The lowest BCUT2D eigenvalue weighted by Gasteiger charge is -2.60. The summed E-state index contributed by atoms with van der Waals surface area (Å²) < 4.78 is 49.7. The molecule has 41 heavy (non-hydrogen) atoms. The zero-order chi connectivity index (χ0) is 31.0. The molecule has 1 fully saturated rings. The Morgan fingerprint density at radius 1 is 0.976 bits per heavy atom. The van der Waals surface area contributed by atoms with Crippen molar-refractivity contribution in [3.05, 3.63) is 70.5 Å². The summed E-state index contributed by atoms with van der Waals surface area (Å²) in [5.74, 6) is -4.58. The molecule has 0 saturated heterocycles. The van der Waals surface area contributed by atoms with Crippen molar-refractivity contribution in [1.29, 1.82) is 0 Å². The van der Waals surface area contributed by atoms with Crippen LogP contribution in [0.1, 0.15) is 71.2 Å². The van der Waals surface area contributed by atoms with E-state index < -0.39 is 64.7 Å². The lowest BCUT2D eigenvalue weighted by Crippen LogP contribution is -2.67. The average Bonchev–Trinajstić information content (AvgIpc) is 2.89. The van der Waals surface area contributed by atoms with E-state index in [9.17, 15) is 32.3 Å². The maximum absolute atomic E-state index is 14.8. The Kier molecular flexibility index (Phi) is 8.92. The van der Waals surface area contributed by atoms with Gasteiger partial charge in [0.2, 0.25) is 0 Å². The first-order valence-electron chi connectivity index (χ1n) is 13.4. The predicted molar refractivity (Wildman–Crippen MR) is 147 cm³/mol. The van der Waals surface area contributed by atoms with E-state index in [4.69, 9.17) is 9.47 Å². The number of rotatable bonds is 9. The Labute approximate surface area is 238 Å². The summed E-state index contributed by atoms with van der Waals surface area (Å²) in [5, 5.41) is 0. The topological polar surface area (TPSA) is 86.7 Å². The number of benzene rings is 1. The van der Waals surface area contributed by atoms with Crippen LogP contribution in [0.15, 0.2) is 65.0 Å². The number of hydrogen-bond acceptors (Lipinski definition) is 6. The molecule has 9 heteroatoms. The van der Waals surface area contributed by atoms with Gasteiger partial charge < -0.3 is 9.47 Å². The Morgan fingerprint density at radius 3 is 2.05 bits per heavy atom. The number of ether oxygens (including phenoxy) is 2. The number of ketones is 3. The summed E-state index contributed by atoms with van der Waals surface area (Å²) >= 11 is 0. The van der Waals surface area contributed by atoms with Gasteiger partial charge in [-0.25, -0.2) is 0 Å². The molecule has 0 amide bonds.